The number of aliphatic hydroxyl groups is 1. The van der Waals surface area contributed by atoms with Crippen LogP contribution in [0.1, 0.15) is 51.4 Å². The van der Waals surface area contributed by atoms with Gasteiger partial charge in [-0.15, -0.1) is 0 Å². The number of nitrogens with one attached hydrogen (secondary N) is 1. The molecule has 0 aromatic heterocycles. The molecule has 126 valence electrons. The molecule has 1 saturated carbocycles. The Hall–Kier alpha value is -0.650. The summed E-state index contributed by atoms with van der Waals surface area (Å²) in [6.45, 7) is 3.56. The fraction of sp³-hybridized carbons (Fsp3) is 0.941. The zero-order chi connectivity index (χ0) is 15.4. The van der Waals surface area contributed by atoms with Gasteiger partial charge in [-0.25, -0.2) is 0 Å². The van der Waals surface area contributed by atoms with Gasteiger partial charge >= 0.3 is 0 Å². The summed E-state index contributed by atoms with van der Waals surface area (Å²) in [7, 11) is 0. The molecule has 5 nitrogen and oxygen atoms in total. The number of amides is 1. The van der Waals surface area contributed by atoms with Gasteiger partial charge in [0, 0.05) is 25.2 Å². The predicted octanol–water partition coefficient (Wildman–Crippen LogP) is 1.30. The number of aliphatic hydroxyl groups excluding tert-OH is 1. The number of likely N-dealkylation sites (tertiary alicyclic amines) is 1. The molecule has 0 unspecified atom stereocenters. The third-order valence-corrected chi connectivity index (χ3v) is 5.60. The number of carbonyl (C=O) groups is 1. The Morgan fingerprint density at radius 2 is 1.68 bits per heavy atom. The monoisotopic (exact) mass is 310 g/mol. The Morgan fingerprint density at radius 1 is 1.00 bits per heavy atom. The molecule has 0 spiro atoms. The average Bonchev–Trinajstić information content (AvgIpc) is 3.02. The second-order valence-electron chi connectivity index (χ2n) is 7.09. The first-order chi connectivity index (χ1) is 10.8. The van der Waals surface area contributed by atoms with Crippen molar-refractivity contribution in [3.05, 3.63) is 0 Å². The lowest BCUT2D eigenvalue weighted by Crippen LogP contribution is -2.53. The highest BCUT2D eigenvalue weighted by atomic mass is 16.5. The first-order valence-electron chi connectivity index (χ1n) is 9.06. The van der Waals surface area contributed by atoms with Crippen molar-refractivity contribution in [3.63, 3.8) is 0 Å². The van der Waals surface area contributed by atoms with Crippen LogP contribution in [-0.2, 0) is 9.53 Å². The molecule has 1 aliphatic carbocycles. The van der Waals surface area contributed by atoms with Crippen LogP contribution in [0.5, 0.6) is 0 Å². The van der Waals surface area contributed by atoms with E-state index in [1.165, 1.54) is 12.8 Å². The molecule has 3 fully saturated rings. The van der Waals surface area contributed by atoms with E-state index < -0.39 is 6.10 Å². The van der Waals surface area contributed by atoms with Crippen molar-refractivity contribution < 1.29 is 14.6 Å². The molecule has 3 atom stereocenters. The number of nitrogens with zero attached hydrogens (tertiary/aromatic N) is 1. The standard InChI is InChI=1S/C17H30N2O3/c20-16-14(18-17(21)13-7-11-22-12-8-13)5-1-2-6-15(16)19-9-3-4-10-19/h13-16,20H,1-12H2,(H,18,21)/t14-,15-,16-/m1/s1. The van der Waals surface area contributed by atoms with Crippen LogP contribution in [-0.4, -0.2) is 60.4 Å². The van der Waals surface area contributed by atoms with E-state index >= 15 is 0 Å². The van der Waals surface area contributed by atoms with Crippen LogP contribution in [0.2, 0.25) is 0 Å². The first-order valence-corrected chi connectivity index (χ1v) is 9.06. The van der Waals surface area contributed by atoms with Crippen molar-refractivity contribution in [2.24, 2.45) is 5.92 Å². The lowest BCUT2D eigenvalue weighted by Gasteiger charge is -2.35. The maximum atomic E-state index is 12.5. The predicted molar refractivity (Wildman–Crippen MR) is 84.5 cm³/mol. The third kappa shape index (κ3) is 3.81. The average molecular weight is 310 g/mol. The minimum absolute atomic E-state index is 0.0643. The second-order valence-corrected chi connectivity index (χ2v) is 7.09. The maximum absolute atomic E-state index is 12.5. The van der Waals surface area contributed by atoms with Crippen molar-refractivity contribution in [2.45, 2.75) is 69.6 Å². The van der Waals surface area contributed by atoms with E-state index in [4.69, 9.17) is 4.74 Å². The van der Waals surface area contributed by atoms with Gasteiger partial charge in [-0.05, 0) is 51.6 Å². The highest BCUT2D eigenvalue weighted by Crippen LogP contribution is 2.26. The summed E-state index contributed by atoms with van der Waals surface area (Å²) in [4.78, 5) is 14.9. The second kappa shape index (κ2) is 7.75. The summed E-state index contributed by atoms with van der Waals surface area (Å²) in [5, 5.41) is 14.0. The molecule has 2 aliphatic heterocycles. The van der Waals surface area contributed by atoms with Crippen molar-refractivity contribution in [3.8, 4) is 0 Å². The molecule has 22 heavy (non-hydrogen) atoms. The highest BCUT2D eigenvalue weighted by molar-refractivity contribution is 5.79. The molecule has 2 N–H and O–H groups in total. The lowest BCUT2D eigenvalue weighted by molar-refractivity contribution is -0.129. The highest BCUT2D eigenvalue weighted by Gasteiger charge is 2.36. The topological polar surface area (TPSA) is 61.8 Å². The van der Waals surface area contributed by atoms with E-state index in [0.29, 0.717) is 13.2 Å². The van der Waals surface area contributed by atoms with Crippen LogP contribution in [0, 0.1) is 5.92 Å². The molecule has 0 bridgehead atoms. The normalized spacial score (nSPS) is 35.2. The Balaban J connectivity index is 1.59. The molecule has 3 rings (SSSR count). The fourth-order valence-electron chi connectivity index (χ4n) is 4.22. The Morgan fingerprint density at radius 3 is 2.41 bits per heavy atom. The largest absolute Gasteiger partial charge is 0.389 e. The van der Waals surface area contributed by atoms with Crippen molar-refractivity contribution in [1.82, 2.24) is 10.2 Å². The van der Waals surface area contributed by atoms with Gasteiger partial charge < -0.3 is 15.2 Å². The van der Waals surface area contributed by atoms with Crippen molar-refractivity contribution in [1.29, 1.82) is 0 Å². The summed E-state index contributed by atoms with van der Waals surface area (Å²) >= 11 is 0. The number of hydrogen-bond donors (Lipinski definition) is 2. The van der Waals surface area contributed by atoms with Crippen LogP contribution in [0.3, 0.4) is 0 Å². The van der Waals surface area contributed by atoms with E-state index in [-0.39, 0.29) is 23.9 Å². The van der Waals surface area contributed by atoms with Crippen LogP contribution in [0.4, 0.5) is 0 Å². The molecular weight excluding hydrogens is 280 g/mol. The molecule has 2 saturated heterocycles. The molecular formula is C17H30N2O3. The lowest BCUT2D eigenvalue weighted by atomic mass is 9.96. The maximum Gasteiger partial charge on any atom is 0.223 e. The summed E-state index contributed by atoms with van der Waals surface area (Å²) in [6, 6.07) is 0.147. The Labute approximate surface area is 133 Å². The quantitative estimate of drug-likeness (QED) is 0.771. The SMILES string of the molecule is O=C(N[C@@H]1CCCC[C@@H](N2CCCC2)[C@@H]1O)C1CCOCC1. The molecule has 1 amide bonds. The molecule has 0 aromatic rings. The summed E-state index contributed by atoms with van der Waals surface area (Å²) in [5.41, 5.74) is 0. The minimum atomic E-state index is -0.426. The van der Waals surface area contributed by atoms with Gasteiger partial charge in [-0.1, -0.05) is 12.8 Å². The van der Waals surface area contributed by atoms with Gasteiger partial charge in [0.2, 0.25) is 5.91 Å². The first kappa shape index (κ1) is 16.2. The Bertz CT molecular complexity index is 365. The fourth-order valence-corrected chi connectivity index (χ4v) is 4.22. The van der Waals surface area contributed by atoms with E-state index in [1.807, 2.05) is 0 Å². The van der Waals surface area contributed by atoms with Gasteiger partial charge in [0.15, 0.2) is 0 Å². The molecule has 0 aromatic carbocycles. The number of hydrogen-bond acceptors (Lipinski definition) is 4. The zero-order valence-electron chi connectivity index (χ0n) is 13.5. The number of ether oxygens (including phenoxy) is 1. The van der Waals surface area contributed by atoms with E-state index in [2.05, 4.69) is 10.2 Å². The minimum Gasteiger partial charge on any atom is -0.389 e. The van der Waals surface area contributed by atoms with Crippen molar-refractivity contribution >= 4 is 5.91 Å². The molecule has 0 radical (unpaired) electrons. The smallest absolute Gasteiger partial charge is 0.223 e. The van der Waals surface area contributed by atoms with Crippen LogP contribution in [0.25, 0.3) is 0 Å². The van der Waals surface area contributed by atoms with E-state index in [9.17, 15) is 9.90 Å². The van der Waals surface area contributed by atoms with Gasteiger partial charge in [0.05, 0.1) is 12.1 Å². The van der Waals surface area contributed by atoms with Crippen molar-refractivity contribution in [2.75, 3.05) is 26.3 Å². The third-order valence-electron chi connectivity index (χ3n) is 5.60. The Kier molecular flexibility index (Phi) is 5.71. The molecule has 2 heterocycles. The molecule has 5 heteroatoms. The van der Waals surface area contributed by atoms with Gasteiger partial charge in [-0.3, -0.25) is 9.69 Å². The van der Waals surface area contributed by atoms with Crippen LogP contribution >= 0.6 is 0 Å². The number of rotatable bonds is 3. The van der Waals surface area contributed by atoms with Gasteiger partial charge in [0.25, 0.3) is 0 Å². The summed E-state index contributed by atoms with van der Waals surface area (Å²) in [5.74, 6) is 0.184. The van der Waals surface area contributed by atoms with Gasteiger partial charge in [-0.2, -0.15) is 0 Å². The van der Waals surface area contributed by atoms with Crippen LogP contribution in [0.15, 0.2) is 0 Å². The van der Waals surface area contributed by atoms with Crippen LogP contribution < -0.4 is 5.32 Å². The van der Waals surface area contributed by atoms with E-state index in [1.54, 1.807) is 0 Å². The van der Waals surface area contributed by atoms with E-state index in [0.717, 1.165) is 51.6 Å². The van der Waals surface area contributed by atoms with Gasteiger partial charge in [0.1, 0.15) is 0 Å². The number of carbonyl (C=O) groups excluding carboxylic acids is 1. The summed E-state index contributed by atoms with van der Waals surface area (Å²) < 4.78 is 5.33. The zero-order valence-corrected chi connectivity index (χ0v) is 13.5. The summed E-state index contributed by atoms with van der Waals surface area (Å²) in [6.07, 6.45) is 7.89. The molecule has 3 aliphatic rings.